The number of rotatable bonds is 5. The second-order valence-corrected chi connectivity index (χ2v) is 8.27. The molecule has 1 saturated heterocycles. The monoisotopic (exact) mass is 380 g/mol. The zero-order valence-corrected chi connectivity index (χ0v) is 14.9. The Morgan fingerprint density at radius 1 is 1.28 bits per heavy atom. The summed E-state index contributed by atoms with van der Waals surface area (Å²) in [4.78, 5) is 10.6. The van der Waals surface area contributed by atoms with Gasteiger partial charge in [0.1, 0.15) is 5.50 Å². The Kier molecular flexibility index (Phi) is 4.95. The zero-order valence-electron chi connectivity index (χ0n) is 13.2. The van der Waals surface area contributed by atoms with E-state index in [0.29, 0.717) is 12.4 Å². The fourth-order valence-corrected chi connectivity index (χ4v) is 4.61. The first-order valence-electron chi connectivity index (χ1n) is 7.36. The Labute approximate surface area is 149 Å². The van der Waals surface area contributed by atoms with E-state index >= 15 is 0 Å². The highest BCUT2D eigenvalue weighted by atomic mass is 32.2. The zero-order chi connectivity index (χ0) is 18.0. The molecular weight excluding hydrogens is 364 g/mol. The summed E-state index contributed by atoms with van der Waals surface area (Å²) in [5.41, 5.74) is 1.03. The summed E-state index contributed by atoms with van der Waals surface area (Å²) in [7, 11) is -3.66. The van der Waals surface area contributed by atoms with E-state index in [2.05, 4.69) is 10.0 Å². The predicted molar refractivity (Wildman–Crippen MR) is 96.5 cm³/mol. The number of hydrogen-bond acceptors (Lipinski definition) is 7. The Bertz CT molecular complexity index is 887. The molecule has 1 fully saturated rings. The van der Waals surface area contributed by atoms with E-state index < -0.39 is 20.4 Å². The van der Waals surface area contributed by atoms with Crippen molar-refractivity contribution in [3.8, 4) is 0 Å². The first-order chi connectivity index (χ1) is 11.8. The fraction of sp³-hybridized carbons (Fsp3) is 0.200. The van der Waals surface area contributed by atoms with Crippen LogP contribution in [0, 0.1) is 17.0 Å². The van der Waals surface area contributed by atoms with Crippen molar-refractivity contribution in [2.24, 2.45) is 0 Å². The molecule has 1 aliphatic rings. The SMILES string of the molecule is Cc1ccc(S(=O)(=O)NC2NCN(c3cccc([N+](=O)[O-])c3)S2)cc1. The molecule has 0 bridgehead atoms. The number of sulfonamides is 1. The topological polar surface area (TPSA) is 105 Å². The van der Waals surface area contributed by atoms with Gasteiger partial charge in [0, 0.05) is 12.1 Å². The number of nitrogens with zero attached hydrogens (tertiary/aromatic N) is 2. The maximum Gasteiger partial charge on any atom is 0.271 e. The minimum Gasteiger partial charge on any atom is -0.299 e. The molecule has 1 heterocycles. The van der Waals surface area contributed by atoms with Gasteiger partial charge < -0.3 is 0 Å². The maximum absolute atomic E-state index is 12.4. The van der Waals surface area contributed by atoms with E-state index in [1.54, 1.807) is 40.7 Å². The Balaban J connectivity index is 1.70. The van der Waals surface area contributed by atoms with E-state index in [1.807, 2.05) is 6.92 Å². The lowest BCUT2D eigenvalue weighted by atomic mass is 10.2. The van der Waals surface area contributed by atoms with Crippen molar-refractivity contribution < 1.29 is 13.3 Å². The standard InChI is InChI=1S/C15H16N4O4S2/c1-11-5-7-14(8-6-11)25(22,23)17-15-16-10-18(24-15)12-3-2-4-13(9-12)19(20)21/h2-9,15-17H,10H2,1H3. The Hall–Kier alpha value is -2.14. The van der Waals surface area contributed by atoms with Crippen LogP contribution in [0.4, 0.5) is 11.4 Å². The summed E-state index contributed by atoms with van der Waals surface area (Å²) >= 11 is 1.22. The molecule has 0 aromatic heterocycles. The fourth-order valence-electron chi connectivity index (χ4n) is 2.27. The molecule has 1 atom stereocenters. The van der Waals surface area contributed by atoms with Gasteiger partial charge in [0.05, 0.1) is 22.2 Å². The van der Waals surface area contributed by atoms with E-state index in [4.69, 9.17) is 0 Å². The summed E-state index contributed by atoms with van der Waals surface area (Å²) < 4.78 is 29.2. The van der Waals surface area contributed by atoms with Crippen molar-refractivity contribution >= 4 is 33.3 Å². The average molecular weight is 380 g/mol. The molecule has 8 nitrogen and oxygen atoms in total. The molecule has 0 saturated carbocycles. The molecule has 1 unspecified atom stereocenters. The van der Waals surface area contributed by atoms with Crippen LogP contribution >= 0.6 is 11.9 Å². The summed E-state index contributed by atoms with van der Waals surface area (Å²) in [5, 5.41) is 13.9. The van der Waals surface area contributed by atoms with Crippen LogP contribution in [0.5, 0.6) is 0 Å². The average Bonchev–Trinajstić information content (AvgIpc) is 3.03. The molecule has 2 N–H and O–H groups in total. The highest BCUT2D eigenvalue weighted by Gasteiger charge is 2.28. The van der Waals surface area contributed by atoms with Crippen molar-refractivity contribution in [2.75, 3.05) is 11.0 Å². The van der Waals surface area contributed by atoms with Crippen molar-refractivity contribution in [2.45, 2.75) is 17.3 Å². The van der Waals surface area contributed by atoms with Crippen LogP contribution in [0.25, 0.3) is 0 Å². The number of aryl methyl sites for hydroxylation is 1. The number of hydrogen-bond donors (Lipinski definition) is 2. The van der Waals surface area contributed by atoms with Gasteiger partial charge in [-0.15, -0.1) is 0 Å². The van der Waals surface area contributed by atoms with Crippen LogP contribution in [-0.2, 0) is 10.0 Å². The highest BCUT2D eigenvalue weighted by molar-refractivity contribution is 8.02. The van der Waals surface area contributed by atoms with Crippen LogP contribution in [0.1, 0.15) is 5.56 Å². The van der Waals surface area contributed by atoms with Gasteiger partial charge in [-0.25, -0.2) is 8.42 Å². The summed E-state index contributed by atoms with van der Waals surface area (Å²) in [6, 6.07) is 12.8. The Morgan fingerprint density at radius 3 is 2.68 bits per heavy atom. The third-order valence-corrected chi connectivity index (χ3v) is 6.25. The van der Waals surface area contributed by atoms with Gasteiger partial charge in [0.15, 0.2) is 0 Å². The van der Waals surface area contributed by atoms with Gasteiger partial charge in [0.25, 0.3) is 5.69 Å². The molecule has 0 aliphatic carbocycles. The van der Waals surface area contributed by atoms with Crippen LogP contribution in [-0.4, -0.2) is 25.5 Å². The second-order valence-electron chi connectivity index (χ2n) is 5.44. The lowest BCUT2D eigenvalue weighted by Crippen LogP contribution is -2.39. The molecule has 25 heavy (non-hydrogen) atoms. The maximum atomic E-state index is 12.4. The number of anilines is 1. The number of nitrogens with one attached hydrogen (secondary N) is 2. The lowest BCUT2D eigenvalue weighted by molar-refractivity contribution is -0.384. The smallest absolute Gasteiger partial charge is 0.271 e. The molecule has 10 heteroatoms. The number of nitro benzene ring substituents is 1. The van der Waals surface area contributed by atoms with Gasteiger partial charge in [-0.1, -0.05) is 23.8 Å². The quantitative estimate of drug-likeness (QED) is 0.465. The molecule has 3 rings (SSSR count). The Morgan fingerprint density at radius 2 is 2.00 bits per heavy atom. The lowest BCUT2D eigenvalue weighted by Gasteiger charge is -2.16. The molecule has 1 aliphatic heterocycles. The third kappa shape index (κ3) is 4.10. The van der Waals surface area contributed by atoms with Crippen molar-refractivity contribution in [3.05, 3.63) is 64.2 Å². The highest BCUT2D eigenvalue weighted by Crippen LogP contribution is 2.30. The van der Waals surface area contributed by atoms with Gasteiger partial charge in [-0.3, -0.25) is 19.7 Å². The summed E-state index contributed by atoms with van der Waals surface area (Å²) in [6.45, 7) is 2.24. The molecule has 2 aromatic carbocycles. The minimum atomic E-state index is -3.66. The third-order valence-electron chi connectivity index (χ3n) is 3.57. The number of nitro groups is 1. The molecular formula is C15H16N4O4S2. The minimum absolute atomic E-state index is 0.0122. The molecule has 2 aromatic rings. The van der Waals surface area contributed by atoms with E-state index in [9.17, 15) is 18.5 Å². The molecule has 0 radical (unpaired) electrons. The molecule has 132 valence electrons. The van der Waals surface area contributed by atoms with Crippen LogP contribution in [0.2, 0.25) is 0 Å². The van der Waals surface area contributed by atoms with Gasteiger partial charge in [-0.2, -0.15) is 4.72 Å². The van der Waals surface area contributed by atoms with Crippen LogP contribution in [0.15, 0.2) is 53.4 Å². The first-order valence-corrected chi connectivity index (χ1v) is 9.68. The van der Waals surface area contributed by atoms with Gasteiger partial charge in [0.2, 0.25) is 10.0 Å². The number of benzene rings is 2. The van der Waals surface area contributed by atoms with Crippen LogP contribution < -0.4 is 14.3 Å². The summed E-state index contributed by atoms with van der Waals surface area (Å²) in [6.07, 6.45) is 0. The second kappa shape index (κ2) is 7.00. The summed E-state index contributed by atoms with van der Waals surface area (Å²) in [5.74, 6) is 0. The van der Waals surface area contributed by atoms with Gasteiger partial charge >= 0.3 is 0 Å². The van der Waals surface area contributed by atoms with E-state index in [1.165, 1.54) is 24.1 Å². The number of non-ortho nitro benzene ring substituents is 1. The normalized spacial score (nSPS) is 17.6. The van der Waals surface area contributed by atoms with Crippen molar-refractivity contribution in [3.63, 3.8) is 0 Å². The molecule has 0 spiro atoms. The van der Waals surface area contributed by atoms with Crippen molar-refractivity contribution in [1.29, 1.82) is 0 Å². The van der Waals surface area contributed by atoms with Crippen LogP contribution in [0.3, 0.4) is 0 Å². The van der Waals surface area contributed by atoms with E-state index in [0.717, 1.165) is 5.56 Å². The van der Waals surface area contributed by atoms with E-state index in [-0.39, 0.29) is 10.6 Å². The predicted octanol–water partition coefficient (Wildman–Crippen LogP) is 2.18. The van der Waals surface area contributed by atoms with Crippen molar-refractivity contribution in [1.82, 2.24) is 10.0 Å². The first kappa shape index (κ1) is 17.7. The molecule has 0 amide bonds. The van der Waals surface area contributed by atoms with Gasteiger partial charge in [-0.05, 0) is 37.1 Å². The largest absolute Gasteiger partial charge is 0.299 e.